The fraction of sp³-hybridized carbons (Fsp3) is 0.929. The molecule has 2 rings (SSSR count). The third-order valence-corrected chi connectivity index (χ3v) is 4.52. The van der Waals surface area contributed by atoms with Gasteiger partial charge in [0.15, 0.2) is 0 Å². The summed E-state index contributed by atoms with van der Waals surface area (Å²) in [6, 6.07) is 0.458. The van der Waals surface area contributed by atoms with Gasteiger partial charge in [-0.25, -0.2) is 0 Å². The van der Waals surface area contributed by atoms with Gasteiger partial charge in [0.25, 0.3) is 0 Å². The molecule has 2 fully saturated rings. The van der Waals surface area contributed by atoms with Crippen molar-refractivity contribution in [1.29, 1.82) is 0 Å². The van der Waals surface area contributed by atoms with Crippen molar-refractivity contribution in [2.45, 2.75) is 65.0 Å². The van der Waals surface area contributed by atoms with Gasteiger partial charge in [0, 0.05) is 6.04 Å². The van der Waals surface area contributed by atoms with E-state index in [1.54, 1.807) is 0 Å². The van der Waals surface area contributed by atoms with E-state index in [-0.39, 0.29) is 6.04 Å². The first kappa shape index (κ1) is 12.9. The Morgan fingerprint density at radius 2 is 1.82 bits per heavy atom. The smallest absolute Gasteiger partial charge is 0.241 e. The highest BCUT2D eigenvalue weighted by atomic mass is 16.2. The van der Waals surface area contributed by atoms with Crippen molar-refractivity contribution in [3.8, 4) is 0 Å². The zero-order valence-corrected chi connectivity index (χ0v) is 11.4. The Bertz CT molecular complexity index is 271. The van der Waals surface area contributed by atoms with Gasteiger partial charge in [0.1, 0.15) is 0 Å². The molecule has 0 aromatic rings. The molecule has 1 saturated carbocycles. The number of amides is 1. The Balaban J connectivity index is 1.96. The summed E-state index contributed by atoms with van der Waals surface area (Å²) in [6.45, 7) is 7.21. The second-order valence-corrected chi connectivity index (χ2v) is 6.03. The minimum Gasteiger partial charge on any atom is -0.326 e. The van der Waals surface area contributed by atoms with Crippen LogP contribution in [0.25, 0.3) is 0 Å². The SMILES string of the molecule is CC(C)C1NCN(C(C)C2CCCCC2)C1=O. The zero-order valence-electron chi connectivity index (χ0n) is 11.4. The van der Waals surface area contributed by atoms with Crippen LogP contribution in [0.1, 0.15) is 52.9 Å². The molecule has 1 saturated heterocycles. The fourth-order valence-electron chi connectivity index (χ4n) is 3.28. The first-order chi connectivity index (χ1) is 8.11. The first-order valence-corrected chi connectivity index (χ1v) is 7.15. The molecule has 0 spiro atoms. The van der Waals surface area contributed by atoms with Gasteiger partial charge in [-0.15, -0.1) is 0 Å². The fourth-order valence-corrected chi connectivity index (χ4v) is 3.28. The van der Waals surface area contributed by atoms with Crippen molar-refractivity contribution in [3.63, 3.8) is 0 Å². The molecule has 1 aliphatic heterocycles. The van der Waals surface area contributed by atoms with Gasteiger partial charge in [-0.05, 0) is 31.6 Å². The van der Waals surface area contributed by atoms with Crippen molar-refractivity contribution in [2.75, 3.05) is 6.67 Å². The van der Waals surface area contributed by atoms with Crippen molar-refractivity contribution < 1.29 is 4.79 Å². The Labute approximate surface area is 105 Å². The van der Waals surface area contributed by atoms with Crippen molar-refractivity contribution in [2.24, 2.45) is 11.8 Å². The Hall–Kier alpha value is -0.570. The minimum atomic E-state index is 0.0426. The van der Waals surface area contributed by atoms with E-state index in [4.69, 9.17) is 0 Å². The van der Waals surface area contributed by atoms with Crippen LogP contribution in [0.15, 0.2) is 0 Å². The summed E-state index contributed by atoms with van der Waals surface area (Å²) in [5.41, 5.74) is 0. The van der Waals surface area contributed by atoms with Crippen LogP contribution in [0, 0.1) is 11.8 Å². The van der Waals surface area contributed by atoms with Gasteiger partial charge in [-0.1, -0.05) is 33.1 Å². The lowest BCUT2D eigenvalue weighted by Gasteiger charge is -2.34. The number of nitrogens with one attached hydrogen (secondary N) is 1. The van der Waals surface area contributed by atoms with E-state index in [0.717, 1.165) is 12.6 Å². The van der Waals surface area contributed by atoms with E-state index in [1.807, 2.05) is 0 Å². The van der Waals surface area contributed by atoms with Gasteiger partial charge in [0.05, 0.1) is 12.7 Å². The van der Waals surface area contributed by atoms with E-state index in [2.05, 4.69) is 31.0 Å². The maximum atomic E-state index is 12.3. The number of hydrogen-bond donors (Lipinski definition) is 1. The summed E-state index contributed by atoms with van der Waals surface area (Å²) in [4.78, 5) is 14.4. The predicted octanol–water partition coefficient (Wildman–Crippen LogP) is 2.37. The highest BCUT2D eigenvalue weighted by Gasteiger charge is 2.37. The highest BCUT2D eigenvalue weighted by Crippen LogP contribution is 2.30. The van der Waals surface area contributed by atoms with Crippen molar-refractivity contribution in [3.05, 3.63) is 0 Å². The lowest BCUT2D eigenvalue weighted by molar-refractivity contribution is -0.132. The molecule has 2 unspecified atom stereocenters. The van der Waals surface area contributed by atoms with Crippen LogP contribution in [-0.2, 0) is 4.79 Å². The summed E-state index contributed by atoms with van der Waals surface area (Å²) in [6.07, 6.45) is 6.68. The van der Waals surface area contributed by atoms with Crippen LogP contribution < -0.4 is 5.32 Å². The molecular weight excluding hydrogens is 212 g/mol. The largest absolute Gasteiger partial charge is 0.326 e. The zero-order chi connectivity index (χ0) is 12.4. The average Bonchev–Trinajstić information content (AvgIpc) is 2.71. The first-order valence-electron chi connectivity index (χ1n) is 7.15. The van der Waals surface area contributed by atoms with Crippen LogP contribution in [0.5, 0.6) is 0 Å². The second kappa shape index (κ2) is 5.38. The molecule has 0 bridgehead atoms. The number of rotatable bonds is 3. The third-order valence-electron chi connectivity index (χ3n) is 4.52. The second-order valence-electron chi connectivity index (χ2n) is 6.03. The third kappa shape index (κ3) is 2.65. The molecule has 0 radical (unpaired) electrons. The molecular formula is C14H26N2O. The van der Waals surface area contributed by atoms with Crippen LogP contribution in [-0.4, -0.2) is 29.6 Å². The summed E-state index contributed by atoms with van der Waals surface area (Å²) in [5, 5.41) is 3.35. The maximum Gasteiger partial charge on any atom is 0.241 e. The topological polar surface area (TPSA) is 32.3 Å². The van der Waals surface area contributed by atoms with E-state index in [0.29, 0.717) is 17.9 Å². The number of hydrogen-bond acceptors (Lipinski definition) is 2. The molecule has 0 aromatic carbocycles. The van der Waals surface area contributed by atoms with Gasteiger partial charge in [-0.2, -0.15) is 0 Å². The molecule has 2 aliphatic rings. The van der Waals surface area contributed by atoms with Crippen LogP contribution in [0.2, 0.25) is 0 Å². The van der Waals surface area contributed by atoms with Crippen LogP contribution in [0.3, 0.4) is 0 Å². The van der Waals surface area contributed by atoms with Crippen molar-refractivity contribution >= 4 is 5.91 Å². The molecule has 0 aromatic heterocycles. The highest BCUT2D eigenvalue weighted by molar-refractivity contribution is 5.84. The normalized spacial score (nSPS) is 29.1. The standard InChI is InChI=1S/C14H26N2O/c1-10(2)13-14(17)16(9-15-13)11(3)12-7-5-4-6-8-12/h10-13,15H,4-9H2,1-3H3. The summed E-state index contributed by atoms with van der Waals surface area (Å²) < 4.78 is 0. The lowest BCUT2D eigenvalue weighted by Crippen LogP contribution is -2.42. The van der Waals surface area contributed by atoms with E-state index in [9.17, 15) is 4.79 Å². The van der Waals surface area contributed by atoms with Crippen LogP contribution in [0.4, 0.5) is 0 Å². The maximum absolute atomic E-state index is 12.3. The monoisotopic (exact) mass is 238 g/mol. The van der Waals surface area contributed by atoms with Gasteiger partial charge >= 0.3 is 0 Å². The number of nitrogens with zero attached hydrogens (tertiary/aromatic N) is 1. The van der Waals surface area contributed by atoms with E-state index in [1.165, 1.54) is 32.1 Å². The predicted molar refractivity (Wildman–Crippen MR) is 69.5 cm³/mol. The molecule has 3 nitrogen and oxygen atoms in total. The number of carbonyl (C=O) groups is 1. The summed E-state index contributed by atoms with van der Waals surface area (Å²) in [5.74, 6) is 1.43. The Morgan fingerprint density at radius 3 is 2.35 bits per heavy atom. The van der Waals surface area contributed by atoms with Crippen LogP contribution >= 0.6 is 0 Å². The quantitative estimate of drug-likeness (QED) is 0.818. The van der Waals surface area contributed by atoms with E-state index >= 15 is 0 Å². The van der Waals surface area contributed by atoms with Gasteiger partial charge in [-0.3, -0.25) is 10.1 Å². The molecule has 17 heavy (non-hydrogen) atoms. The molecule has 1 aliphatic carbocycles. The molecule has 98 valence electrons. The molecule has 1 heterocycles. The molecule has 1 N–H and O–H groups in total. The van der Waals surface area contributed by atoms with Gasteiger partial charge in [0.2, 0.25) is 5.91 Å². The Kier molecular flexibility index (Phi) is 4.08. The average molecular weight is 238 g/mol. The molecule has 3 heteroatoms. The Morgan fingerprint density at radius 1 is 1.18 bits per heavy atom. The summed E-state index contributed by atoms with van der Waals surface area (Å²) in [7, 11) is 0. The molecule has 1 amide bonds. The van der Waals surface area contributed by atoms with E-state index < -0.39 is 0 Å². The van der Waals surface area contributed by atoms with Crippen molar-refractivity contribution in [1.82, 2.24) is 10.2 Å². The number of carbonyl (C=O) groups excluding carboxylic acids is 1. The lowest BCUT2D eigenvalue weighted by atomic mass is 9.84. The molecule has 2 atom stereocenters. The minimum absolute atomic E-state index is 0.0426. The van der Waals surface area contributed by atoms with Gasteiger partial charge < -0.3 is 4.90 Å². The summed E-state index contributed by atoms with van der Waals surface area (Å²) >= 11 is 0.